The molecule has 0 aliphatic carbocycles. The third-order valence-corrected chi connectivity index (χ3v) is 4.93. The second kappa shape index (κ2) is 7.79. The second-order valence-corrected chi connectivity index (χ2v) is 7.22. The van der Waals surface area contributed by atoms with E-state index in [2.05, 4.69) is 40.0 Å². The summed E-state index contributed by atoms with van der Waals surface area (Å²) in [5.41, 5.74) is 1.98. The molecule has 1 fully saturated rings. The van der Waals surface area contributed by atoms with Crippen LogP contribution >= 0.6 is 22.6 Å². The topological polar surface area (TPSA) is 49.4 Å². The number of hydrogen-bond acceptors (Lipinski definition) is 2. The second-order valence-electron chi connectivity index (χ2n) is 5.97. The highest BCUT2D eigenvalue weighted by Gasteiger charge is 2.33. The minimum absolute atomic E-state index is 0.0636. The minimum Gasteiger partial charge on any atom is -0.342 e. The van der Waals surface area contributed by atoms with E-state index in [1.165, 1.54) is 5.56 Å². The smallest absolute Gasteiger partial charge is 0.229 e. The van der Waals surface area contributed by atoms with Gasteiger partial charge in [-0.05, 0) is 58.8 Å². The molecular weight excluding hydrogens is 415 g/mol. The molecule has 1 atom stereocenters. The van der Waals surface area contributed by atoms with Crippen LogP contribution in [0.1, 0.15) is 12.0 Å². The Labute approximate surface area is 155 Å². The van der Waals surface area contributed by atoms with Gasteiger partial charge >= 0.3 is 0 Å². The van der Waals surface area contributed by atoms with Crippen LogP contribution in [0.25, 0.3) is 0 Å². The molecular formula is C19H19IN2O2. The first-order valence-electron chi connectivity index (χ1n) is 8.00. The summed E-state index contributed by atoms with van der Waals surface area (Å²) in [6.45, 7) is 1.16. The lowest BCUT2D eigenvalue weighted by atomic mass is 10.1. The lowest BCUT2D eigenvalue weighted by Crippen LogP contribution is -2.30. The maximum Gasteiger partial charge on any atom is 0.229 e. The van der Waals surface area contributed by atoms with Gasteiger partial charge in [0.25, 0.3) is 0 Å². The molecule has 124 valence electrons. The van der Waals surface area contributed by atoms with Crippen LogP contribution in [0, 0.1) is 9.49 Å². The predicted octanol–water partition coefficient (Wildman–Crippen LogP) is 3.32. The molecule has 0 saturated carbocycles. The first-order chi connectivity index (χ1) is 11.6. The van der Waals surface area contributed by atoms with E-state index >= 15 is 0 Å². The van der Waals surface area contributed by atoms with Crippen molar-refractivity contribution in [1.82, 2.24) is 4.90 Å². The number of likely N-dealkylation sites (tertiary alicyclic amines) is 1. The Balaban J connectivity index is 1.53. The van der Waals surface area contributed by atoms with Gasteiger partial charge in [-0.25, -0.2) is 0 Å². The Morgan fingerprint density at radius 3 is 2.54 bits per heavy atom. The highest BCUT2D eigenvalue weighted by Crippen LogP contribution is 2.21. The van der Waals surface area contributed by atoms with Crippen molar-refractivity contribution in [3.8, 4) is 0 Å². The molecule has 0 bridgehead atoms. The number of amides is 2. The summed E-state index contributed by atoms with van der Waals surface area (Å²) in [4.78, 5) is 26.3. The Hall–Kier alpha value is -1.89. The summed E-state index contributed by atoms with van der Waals surface area (Å²) in [6.07, 6.45) is 1.11. The van der Waals surface area contributed by atoms with Crippen molar-refractivity contribution in [2.45, 2.75) is 12.8 Å². The van der Waals surface area contributed by atoms with Crippen LogP contribution in [0.2, 0.25) is 0 Å². The molecule has 1 aliphatic rings. The molecule has 24 heavy (non-hydrogen) atoms. The van der Waals surface area contributed by atoms with Crippen LogP contribution in [0.15, 0.2) is 54.6 Å². The van der Waals surface area contributed by atoms with Crippen molar-refractivity contribution in [2.75, 3.05) is 18.4 Å². The Kier molecular flexibility index (Phi) is 5.50. The number of benzene rings is 2. The summed E-state index contributed by atoms with van der Waals surface area (Å²) >= 11 is 2.22. The standard InChI is InChI=1S/C19H19IN2O2/c20-16-6-8-17(9-7-16)21-19(24)15-12-18(23)22(13-15)11-10-14-4-2-1-3-5-14/h1-9,15H,10-13H2,(H,21,24)/t15-/m0/s1. The van der Waals surface area contributed by atoms with E-state index in [4.69, 9.17) is 0 Å². The van der Waals surface area contributed by atoms with E-state index in [0.717, 1.165) is 15.7 Å². The summed E-state index contributed by atoms with van der Waals surface area (Å²) in [7, 11) is 0. The van der Waals surface area contributed by atoms with Crippen molar-refractivity contribution in [3.63, 3.8) is 0 Å². The predicted molar refractivity (Wildman–Crippen MR) is 103 cm³/mol. The minimum atomic E-state index is -0.271. The molecule has 3 rings (SSSR count). The van der Waals surface area contributed by atoms with E-state index in [1.54, 1.807) is 4.90 Å². The lowest BCUT2D eigenvalue weighted by Gasteiger charge is -2.16. The fourth-order valence-electron chi connectivity index (χ4n) is 2.85. The zero-order chi connectivity index (χ0) is 16.9. The number of nitrogens with one attached hydrogen (secondary N) is 1. The van der Waals surface area contributed by atoms with Crippen molar-refractivity contribution < 1.29 is 9.59 Å². The number of carbonyl (C=O) groups is 2. The molecule has 1 aliphatic heterocycles. The summed E-state index contributed by atoms with van der Waals surface area (Å²) in [5.74, 6) is -0.284. The van der Waals surface area contributed by atoms with Gasteiger partial charge in [0.15, 0.2) is 0 Å². The monoisotopic (exact) mass is 434 g/mol. The molecule has 2 aromatic rings. The van der Waals surface area contributed by atoms with Crippen LogP contribution in [-0.2, 0) is 16.0 Å². The van der Waals surface area contributed by atoms with Crippen molar-refractivity contribution in [2.24, 2.45) is 5.92 Å². The zero-order valence-corrected chi connectivity index (χ0v) is 15.4. The molecule has 2 aromatic carbocycles. The molecule has 2 amide bonds. The number of nitrogens with zero attached hydrogens (tertiary/aromatic N) is 1. The van der Waals surface area contributed by atoms with Crippen molar-refractivity contribution in [1.29, 1.82) is 0 Å². The quantitative estimate of drug-likeness (QED) is 0.735. The van der Waals surface area contributed by atoms with Crippen LogP contribution < -0.4 is 5.32 Å². The first kappa shape index (κ1) is 17.0. The molecule has 0 spiro atoms. The van der Waals surface area contributed by atoms with E-state index in [9.17, 15) is 9.59 Å². The van der Waals surface area contributed by atoms with Gasteiger partial charge in [-0.1, -0.05) is 30.3 Å². The van der Waals surface area contributed by atoms with Gasteiger partial charge < -0.3 is 10.2 Å². The van der Waals surface area contributed by atoms with Gasteiger partial charge in [0.2, 0.25) is 11.8 Å². The Bertz CT molecular complexity index is 716. The largest absolute Gasteiger partial charge is 0.342 e. The number of anilines is 1. The fourth-order valence-corrected chi connectivity index (χ4v) is 3.21. The van der Waals surface area contributed by atoms with E-state index < -0.39 is 0 Å². The molecule has 4 nitrogen and oxygen atoms in total. The first-order valence-corrected chi connectivity index (χ1v) is 9.08. The van der Waals surface area contributed by atoms with Gasteiger partial charge in [0, 0.05) is 28.8 Å². The van der Waals surface area contributed by atoms with Gasteiger partial charge in [-0.3, -0.25) is 9.59 Å². The van der Waals surface area contributed by atoms with Crippen LogP contribution in [0.3, 0.4) is 0 Å². The van der Waals surface area contributed by atoms with E-state index in [0.29, 0.717) is 19.5 Å². The SMILES string of the molecule is O=C(Nc1ccc(I)cc1)[C@H]1CC(=O)N(CCc2ccccc2)C1. The van der Waals surface area contributed by atoms with Gasteiger partial charge in [0.05, 0.1) is 5.92 Å². The Morgan fingerprint density at radius 1 is 1.12 bits per heavy atom. The number of carbonyl (C=O) groups excluding carboxylic acids is 2. The molecule has 5 heteroatoms. The summed E-state index contributed by atoms with van der Waals surface area (Å²) in [6, 6.07) is 17.7. The zero-order valence-electron chi connectivity index (χ0n) is 13.2. The highest BCUT2D eigenvalue weighted by atomic mass is 127. The van der Waals surface area contributed by atoms with Crippen molar-refractivity contribution >= 4 is 40.1 Å². The normalized spacial score (nSPS) is 17.1. The average Bonchev–Trinajstić information content (AvgIpc) is 2.97. The average molecular weight is 434 g/mol. The third-order valence-electron chi connectivity index (χ3n) is 4.21. The van der Waals surface area contributed by atoms with Gasteiger partial charge in [-0.2, -0.15) is 0 Å². The fraction of sp³-hybridized carbons (Fsp3) is 0.263. The maximum absolute atomic E-state index is 12.4. The van der Waals surface area contributed by atoms with E-state index in [-0.39, 0.29) is 17.7 Å². The van der Waals surface area contributed by atoms with Gasteiger partial charge in [0.1, 0.15) is 0 Å². The highest BCUT2D eigenvalue weighted by molar-refractivity contribution is 14.1. The summed E-state index contributed by atoms with van der Waals surface area (Å²) in [5, 5.41) is 2.90. The Morgan fingerprint density at radius 2 is 1.83 bits per heavy atom. The van der Waals surface area contributed by atoms with E-state index in [1.807, 2.05) is 42.5 Å². The molecule has 0 radical (unpaired) electrons. The van der Waals surface area contributed by atoms with Crippen LogP contribution in [0.5, 0.6) is 0 Å². The van der Waals surface area contributed by atoms with Gasteiger partial charge in [-0.15, -0.1) is 0 Å². The summed E-state index contributed by atoms with van der Waals surface area (Å²) < 4.78 is 1.12. The third kappa shape index (κ3) is 4.35. The molecule has 0 unspecified atom stereocenters. The van der Waals surface area contributed by atoms with Crippen molar-refractivity contribution in [3.05, 3.63) is 63.7 Å². The molecule has 1 heterocycles. The maximum atomic E-state index is 12.4. The molecule has 1 N–H and O–H groups in total. The number of hydrogen-bond donors (Lipinski definition) is 1. The molecule has 0 aromatic heterocycles. The van der Waals surface area contributed by atoms with Crippen LogP contribution in [0.4, 0.5) is 5.69 Å². The number of halogens is 1. The number of rotatable bonds is 5. The lowest BCUT2D eigenvalue weighted by molar-refractivity contribution is -0.128. The van der Waals surface area contributed by atoms with Crippen LogP contribution in [-0.4, -0.2) is 29.8 Å². The molecule has 1 saturated heterocycles.